The Bertz CT molecular complexity index is 1290. The van der Waals surface area contributed by atoms with Crippen molar-refractivity contribution in [2.45, 2.75) is 25.4 Å². The van der Waals surface area contributed by atoms with Gasteiger partial charge in [-0.1, -0.05) is 18.2 Å². The summed E-state index contributed by atoms with van der Waals surface area (Å²) in [6.45, 7) is 6.57. The van der Waals surface area contributed by atoms with Crippen LogP contribution in [0.4, 0.5) is 5.82 Å². The summed E-state index contributed by atoms with van der Waals surface area (Å²) in [4.78, 5) is 19.0. The third kappa shape index (κ3) is 4.33. The lowest BCUT2D eigenvalue weighted by molar-refractivity contribution is 0.122. The predicted octanol–water partition coefficient (Wildman–Crippen LogP) is 4.94. The molecule has 0 atom stereocenters. The monoisotopic (exact) mass is 493 g/mol. The molecule has 8 heteroatoms. The van der Waals surface area contributed by atoms with Crippen molar-refractivity contribution in [1.82, 2.24) is 19.8 Å². The smallest absolute Gasteiger partial charge is 0.163 e. The number of anilines is 1. The van der Waals surface area contributed by atoms with E-state index in [1.165, 1.54) is 32.5 Å². The Morgan fingerprint density at radius 2 is 1.85 bits per heavy atom. The van der Waals surface area contributed by atoms with Gasteiger partial charge < -0.3 is 14.5 Å². The number of likely N-dealkylation sites (tertiary alicyclic amines) is 1. The zero-order valence-electron chi connectivity index (χ0n) is 19.9. The number of thiophene rings is 2. The standard InChI is InChI=1S/C26H31N5OS2/c1-29(2)18-7-9-30(10-8-18)16-19-15-22-24(34-19)26(31-11-13-32-14-12-31)28-25(27-22)21-17-33-23-6-4-3-5-20(21)23/h3-6,15,17-18H,7-14,16H2,1-2H3. The minimum absolute atomic E-state index is 0.709. The van der Waals surface area contributed by atoms with Crippen molar-refractivity contribution in [2.24, 2.45) is 0 Å². The number of morpholine rings is 1. The van der Waals surface area contributed by atoms with Crippen LogP contribution in [0.2, 0.25) is 0 Å². The van der Waals surface area contributed by atoms with Gasteiger partial charge in [0.25, 0.3) is 0 Å². The summed E-state index contributed by atoms with van der Waals surface area (Å²) in [5.74, 6) is 1.91. The minimum atomic E-state index is 0.709. The molecule has 6 nitrogen and oxygen atoms in total. The maximum atomic E-state index is 5.63. The quantitative estimate of drug-likeness (QED) is 0.393. The fourth-order valence-electron chi connectivity index (χ4n) is 5.12. The molecule has 34 heavy (non-hydrogen) atoms. The van der Waals surface area contributed by atoms with Gasteiger partial charge in [-0.2, -0.15) is 0 Å². The summed E-state index contributed by atoms with van der Waals surface area (Å²) >= 11 is 3.64. The Morgan fingerprint density at radius 3 is 2.65 bits per heavy atom. The summed E-state index contributed by atoms with van der Waals surface area (Å²) in [6.07, 6.45) is 2.48. The van der Waals surface area contributed by atoms with Crippen LogP contribution in [-0.2, 0) is 11.3 Å². The average Bonchev–Trinajstić information content (AvgIpc) is 3.48. The van der Waals surface area contributed by atoms with Gasteiger partial charge >= 0.3 is 0 Å². The van der Waals surface area contributed by atoms with Crippen LogP contribution in [0.1, 0.15) is 17.7 Å². The summed E-state index contributed by atoms with van der Waals surface area (Å²) in [5, 5.41) is 3.44. The molecular weight excluding hydrogens is 462 g/mol. The van der Waals surface area contributed by atoms with Crippen LogP contribution in [0.3, 0.4) is 0 Å². The Hall–Kier alpha value is -2.10. The predicted molar refractivity (Wildman–Crippen MR) is 143 cm³/mol. The van der Waals surface area contributed by atoms with E-state index < -0.39 is 0 Å². The van der Waals surface area contributed by atoms with E-state index in [1.807, 2.05) is 11.3 Å². The third-order valence-corrected chi connectivity index (χ3v) is 9.17. The largest absolute Gasteiger partial charge is 0.378 e. The van der Waals surface area contributed by atoms with Crippen LogP contribution in [-0.4, -0.2) is 79.3 Å². The van der Waals surface area contributed by atoms with E-state index in [4.69, 9.17) is 14.7 Å². The number of nitrogens with zero attached hydrogens (tertiary/aromatic N) is 5. The highest BCUT2D eigenvalue weighted by Gasteiger charge is 2.24. The van der Waals surface area contributed by atoms with Gasteiger partial charge in [-0.05, 0) is 39.1 Å². The SMILES string of the molecule is CN(C)C1CCN(Cc2cc3nc(-c4csc5ccccc45)nc(N4CCOCC4)c3s2)CC1. The molecule has 1 aromatic carbocycles. The van der Waals surface area contributed by atoms with Crippen molar-refractivity contribution in [2.75, 3.05) is 58.4 Å². The van der Waals surface area contributed by atoms with Crippen LogP contribution in [0.25, 0.3) is 31.7 Å². The molecule has 2 saturated heterocycles. The van der Waals surface area contributed by atoms with E-state index in [0.29, 0.717) is 6.04 Å². The first-order chi connectivity index (χ1) is 16.7. The molecule has 0 N–H and O–H groups in total. The molecule has 0 amide bonds. The molecule has 5 heterocycles. The lowest BCUT2D eigenvalue weighted by Gasteiger charge is -2.34. The molecule has 0 radical (unpaired) electrons. The van der Waals surface area contributed by atoms with Crippen LogP contribution in [0.5, 0.6) is 0 Å². The summed E-state index contributed by atoms with van der Waals surface area (Å²) in [7, 11) is 4.40. The number of hydrogen-bond acceptors (Lipinski definition) is 8. The van der Waals surface area contributed by atoms with Gasteiger partial charge in [-0.25, -0.2) is 9.97 Å². The molecule has 4 aromatic rings. The van der Waals surface area contributed by atoms with Crippen molar-refractivity contribution in [3.8, 4) is 11.4 Å². The second-order valence-corrected chi connectivity index (χ2v) is 11.6. The van der Waals surface area contributed by atoms with E-state index in [0.717, 1.165) is 68.7 Å². The number of hydrogen-bond donors (Lipinski definition) is 0. The Labute approximate surface area is 208 Å². The first-order valence-corrected chi connectivity index (χ1v) is 13.8. The van der Waals surface area contributed by atoms with Crippen molar-refractivity contribution in [1.29, 1.82) is 0 Å². The number of piperidine rings is 1. The molecule has 0 saturated carbocycles. The zero-order chi connectivity index (χ0) is 23.1. The molecule has 0 spiro atoms. The van der Waals surface area contributed by atoms with Crippen molar-refractivity contribution < 1.29 is 4.74 Å². The normalized spacial score (nSPS) is 18.5. The first-order valence-electron chi connectivity index (χ1n) is 12.1. The maximum absolute atomic E-state index is 5.63. The van der Waals surface area contributed by atoms with Gasteiger partial charge in [-0.3, -0.25) is 4.90 Å². The Balaban J connectivity index is 1.36. The van der Waals surface area contributed by atoms with Crippen LogP contribution < -0.4 is 4.90 Å². The van der Waals surface area contributed by atoms with Gasteiger partial charge in [0.2, 0.25) is 0 Å². The van der Waals surface area contributed by atoms with E-state index in [1.54, 1.807) is 11.3 Å². The summed E-state index contributed by atoms with van der Waals surface area (Å²) in [5.41, 5.74) is 2.21. The second kappa shape index (κ2) is 9.51. The van der Waals surface area contributed by atoms with E-state index in [2.05, 4.69) is 64.5 Å². The van der Waals surface area contributed by atoms with E-state index in [-0.39, 0.29) is 0 Å². The number of aromatic nitrogens is 2. The van der Waals surface area contributed by atoms with Crippen molar-refractivity contribution in [3.63, 3.8) is 0 Å². The Morgan fingerprint density at radius 1 is 1.06 bits per heavy atom. The molecular formula is C26H31N5OS2. The zero-order valence-corrected chi connectivity index (χ0v) is 21.5. The molecule has 3 aromatic heterocycles. The van der Waals surface area contributed by atoms with Gasteiger partial charge in [-0.15, -0.1) is 22.7 Å². The number of rotatable bonds is 5. The van der Waals surface area contributed by atoms with Crippen LogP contribution in [0, 0.1) is 0 Å². The van der Waals surface area contributed by atoms with Gasteiger partial charge in [0.15, 0.2) is 11.6 Å². The molecule has 0 unspecified atom stereocenters. The number of benzene rings is 1. The number of fused-ring (bicyclic) bond motifs is 2. The topological polar surface area (TPSA) is 44.7 Å². The molecule has 6 rings (SSSR count). The minimum Gasteiger partial charge on any atom is -0.378 e. The van der Waals surface area contributed by atoms with E-state index >= 15 is 0 Å². The second-order valence-electron chi connectivity index (χ2n) is 9.51. The molecule has 2 fully saturated rings. The lowest BCUT2D eigenvalue weighted by atomic mass is 10.0. The summed E-state index contributed by atoms with van der Waals surface area (Å²) in [6, 6.07) is 11.6. The van der Waals surface area contributed by atoms with E-state index in [9.17, 15) is 0 Å². The van der Waals surface area contributed by atoms with Crippen LogP contribution >= 0.6 is 22.7 Å². The Kier molecular flexibility index (Phi) is 6.26. The fourth-order valence-corrected chi connectivity index (χ4v) is 7.21. The molecule has 0 bridgehead atoms. The third-order valence-electron chi connectivity index (χ3n) is 7.10. The summed E-state index contributed by atoms with van der Waals surface area (Å²) < 4.78 is 8.12. The highest BCUT2D eigenvalue weighted by Crippen LogP contribution is 2.38. The highest BCUT2D eigenvalue weighted by molar-refractivity contribution is 7.19. The highest BCUT2D eigenvalue weighted by atomic mass is 32.1. The van der Waals surface area contributed by atoms with Gasteiger partial charge in [0.05, 0.1) is 23.4 Å². The fraction of sp³-hybridized carbons (Fsp3) is 0.462. The van der Waals surface area contributed by atoms with Gasteiger partial charge in [0.1, 0.15) is 0 Å². The van der Waals surface area contributed by atoms with Crippen molar-refractivity contribution in [3.05, 3.63) is 40.6 Å². The molecule has 2 aliphatic heterocycles. The van der Waals surface area contributed by atoms with Gasteiger partial charge in [0, 0.05) is 64.7 Å². The number of ether oxygens (including phenoxy) is 1. The molecule has 2 aliphatic rings. The molecule has 0 aliphatic carbocycles. The average molecular weight is 494 g/mol. The molecule has 178 valence electrons. The lowest BCUT2D eigenvalue weighted by Crippen LogP contribution is -2.41. The van der Waals surface area contributed by atoms with Crippen molar-refractivity contribution >= 4 is 48.8 Å². The first kappa shape index (κ1) is 22.4. The van der Waals surface area contributed by atoms with Crippen LogP contribution in [0.15, 0.2) is 35.7 Å². The maximum Gasteiger partial charge on any atom is 0.163 e.